The average molecular weight is 276 g/mol. The van der Waals surface area contributed by atoms with Crippen molar-refractivity contribution in [3.8, 4) is 6.07 Å². The lowest BCUT2D eigenvalue weighted by Crippen LogP contribution is -2.18. The van der Waals surface area contributed by atoms with Gasteiger partial charge in [-0.1, -0.05) is 11.6 Å². The molecular weight excluding hydrogens is 266 g/mol. The lowest BCUT2D eigenvalue weighted by atomic mass is 10.2. The minimum absolute atomic E-state index is 0.230. The third kappa shape index (κ3) is 3.12. The van der Waals surface area contributed by atoms with E-state index in [1.165, 1.54) is 0 Å². The Morgan fingerprint density at radius 2 is 2.32 bits per heavy atom. The topological polar surface area (TPSA) is 78.4 Å². The molecule has 0 aliphatic heterocycles. The maximum Gasteiger partial charge on any atom is 0.254 e. The van der Waals surface area contributed by atoms with E-state index in [-0.39, 0.29) is 6.42 Å². The Kier molecular flexibility index (Phi) is 3.83. The quantitative estimate of drug-likeness (QED) is 0.691. The van der Waals surface area contributed by atoms with Crippen LogP contribution in [-0.4, -0.2) is 11.6 Å². The molecule has 0 unspecified atom stereocenters. The van der Waals surface area contributed by atoms with Crippen LogP contribution in [-0.2, 0) is 4.79 Å². The van der Waals surface area contributed by atoms with Crippen molar-refractivity contribution in [2.45, 2.75) is 13.3 Å². The van der Waals surface area contributed by atoms with Gasteiger partial charge in [-0.05, 0) is 31.2 Å². The highest BCUT2D eigenvalue weighted by molar-refractivity contribution is 6.31. The number of furan rings is 1. The molecule has 0 spiro atoms. The number of rotatable bonds is 3. The Morgan fingerprint density at radius 3 is 3.05 bits per heavy atom. The van der Waals surface area contributed by atoms with Gasteiger partial charge < -0.3 is 4.42 Å². The second-order valence-electron chi connectivity index (χ2n) is 3.86. The molecule has 0 atom stereocenters. The van der Waals surface area contributed by atoms with Crippen LogP contribution in [0.5, 0.6) is 0 Å². The first-order chi connectivity index (χ1) is 9.10. The van der Waals surface area contributed by atoms with E-state index in [9.17, 15) is 4.79 Å². The Bertz CT molecular complexity index is 697. The zero-order valence-electron chi connectivity index (χ0n) is 10.1. The molecule has 5 nitrogen and oxygen atoms in total. The molecule has 0 radical (unpaired) electrons. The first kappa shape index (κ1) is 13.1. The second kappa shape index (κ2) is 5.55. The molecule has 2 rings (SSSR count). The standard InChI is InChI=1S/C13H10ClN3O2/c1-8(16-17-13(18)4-5-15)12-7-9-6-10(14)2-3-11(9)19-12/h2-3,6-7H,4H2,1H3,(H,17,18)/b16-8+. The van der Waals surface area contributed by atoms with Crippen LogP contribution in [0.4, 0.5) is 0 Å². The normalized spacial score (nSPS) is 11.3. The van der Waals surface area contributed by atoms with Crippen molar-refractivity contribution in [2.24, 2.45) is 5.10 Å². The van der Waals surface area contributed by atoms with E-state index in [0.29, 0.717) is 22.1 Å². The molecule has 0 fully saturated rings. The van der Waals surface area contributed by atoms with Crippen LogP contribution in [0.1, 0.15) is 19.1 Å². The van der Waals surface area contributed by atoms with Gasteiger partial charge in [0.2, 0.25) is 0 Å². The fraction of sp³-hybridized carbons (Fsp3) is 0.154. The number of hydrazone groups is 1. The number of hydrogen-bond donors (Lipinski definition) is 1. The van der Waals surface area contributed by atoms with Crippen molar-refractivity contribution in [1.82, 2.24) is 5.43 Å². The van der Waals surface area contributed by atoms with Gasteiger partial charge in [0.05, 0.1) is 6.07 Å². The largest absolute Gasteiger partial charge is 0.455 e. The van der Waals surface area contributed by atoms with Gasteiger partial charge in [-0.2, -0.15) is 10.4 Å². The summed E-state index contributed by atoms with van der Waals surface area (Å²) in [7, 11) is 0. The van der Waals surface area contributed by atoms with E-state index in [4.69, 9.17) is 21.3 Å². The maximum absolute atomic E-state index is 11.1. The van der Waals surface area contributed by atoms with Crippen molar-refractivity contribution >= 4 is 34.2 Å². The van der Waals surface area contributed by atoms with Crippen molar-refractivity contribution < 1.29 is 9.21 Å². The molecule has 1 aromatic carbocycles. The summed E-state index contributed by atoms with van der Waals surface area (Å²) in [4.78, 5) is 11.1. The van der Waals surface area contributed by atoms with Gasteiger partial charge in [0, 0.05) is 10.4 Å². The molecule has 0 bridgehead atoms. The summed E-state index contributed by atoms with van der Waals surface area (Å²) in [6.45, 7) is 1.70. The fourth-order valence-electron chi connectivity index (χ4n) is 1.51. The van der Waals surface area contributed by atoms with Gasteiger partial charge in [0.25, 0.3) is 5.91 Å². The van der Waals surface area contributed by atoms with Gasteiger partial charge in [0.1, 0.15) is 17.7 Å². The molecule has 0 aliphatic rings. The van der Waals surface area contributed by atoms with Crippen LogP contribution in [0.2, 0.25) is 5.02 Å². The van der Waals surface area contributed by atoms with Crippen LogP contribution in [0.3, 0.4) is 0 Å². The van der Waals surface area contributed by atoms with Crippen molar-refractivity contribution in [3.63, 3.8) is 0 Å². The molecule has 19 heavy (non-hydrogen) atoms. The number of halogens is 1. The minimum atomic E-state index is -0.457. The van der Waals surface area contributed by atoms with Gasteiger partial charge >= 0.3 is 0 Å². The molecule has 0 saturated carbocycles. The summed E-state index contributed by atoms with van der Waals surface area (Å²) >= 11 is 5.89. The summed E-state index contributed by atoms with van der Waals surface area (Å²) < 4.78 is 5.57. The molecule has 0 saturated heterocycles. The third-order valence-corrected chi connectivity index (χ3v) is 2.66. The minimum Gasteiger partial charge on any atom is -0.455 e. The number of fused-ring (bicyclic) bond motifs is 1. The van der Waals surface area contributed by atoms with Crippen LogP contribution in [0, 0.1) is 11.3 Å². The van der Waals surface area contributed by atoms with Gasteiger partial charge in [0.15, 0.2) is 5.76 Å². The maximum atomic E-state index is 11.1. The summed E-state index contributed by atoms with van der Waals surface area (Å²) in [5.41, 5.74) is 3.48. The number of nitrogens with one attached hydrogen (secondary N) is 1. The van der Waals surface area contributed by atoms with Crippen LogP contribution < -0.4 is 5.43 Å². The Balaban J connectivity index is 2.22. The number of carbonyl (C=O) groups is 1. The lowest BCUT2D eigenvalue weighted by molar-refractivity contribution is -0.120. The van der Waals surface area contributed by atoms with E-state index in [1.54, 1.807) is 37.3 Å². The van der Waals surface area contributed by atoms with Crippen molar-refractivity contribution in [1.29, 1.82) is 5.26 Å². The summed E-state index contributed by atoms with van der Waals surface area (Å²) in [6.07, 6.45) is -0.230. The second-order valence-corrected chi connectivity index (χ2v) is 4.30. The zero-order valence-corrected chi connectivity index (χ0v) is 10.9. The molecule has 1 amide bonds. The van der Waals surface area contributed by atoms with Crippen LogP contribution in [0.25, 0.3) is 11.0 Å². The zero-order chi connectivity index (χ0) is 13.8. The number of carbonyl (C=O) groups excluding carboxylic acids is 1. The molecule has 1 aromatic heterocycles. The molecule has 0 aliphatic carbocycles. The van der Waals surface area contributed by atoms with Crippen molar-refractivity contribution in [2.75, 3.05) is 0 Å². The molecule has 2 aromatic rings. The number of hydrogen-bond acceptors (Lipinski definition) is 4. The Hall–Kier alpha value is -2.32. The van der Waals surface area contributed by atoms with Gasteiger partial charge in [-0.25, -0.2) is 5.43 Å². The fourth-order valence-corrected chi connectivity index (χ4v) is 1.69. The third-order valence-electron chi connectivity index (χ3n) is 2.42. The highest BCUT2D eigenvalue weighted by Gasteiger charge is 2.07. The van der Waals surface area contributed by atoms with Gasteiger partial charge in [-0.3, -0.25) is 4.79 Å². The summed E-state index contributed by atoms with van der Waals surface area (Å²) in [5, 5.41) is 13.7. The molecule has 1 N–H and O–H groups in total. The summed E-state index contributed by atoms with van der Waals surface area (Å²) in [6, 6.07) is 8.81. The Labute approximate surface area is 114 Å². The average Bonchev–Trinajstić information content (AvgIpc) is 2.79. The predicted molar refractivity (Wildman–Crippen MR) is 71.8 cm³/mol. The van der Waals surface area contributed by atoms with E-state index in [1.807, 2.05) is 0 Å². The van der Waals surface area contributed by atoms with Crippen LogP contribution >= 0.6 is 11.6 Å². The number of amides is 1. The highest BCUT2D eigenvalue weighted by Crippen LogP contribution is 2.23. The van der Waals surface area contributed by atoms with Crippen molar-refractivity contribution in [3.05, 3.63) is 35.0 Å². The number of nitriles is 1. The van der Waals surface area contributed by atoms with E-state index in [2.05, 4.69) is 10.5 Å². The van der Waals surface area contributed by atoms with E-state index in [0.717, 1.165) is 5.39 Å². The SMILES string of the molecule is C/C(=N\NC(=O)CC#N)c1cc2cc(Cl)ccc2o1. The molecular formula is C13H10ClN3O2. The van der Waals surface area contributed by atoms with E-state index >= 15 is 0 Å². The van der Waals surface area contributed by atoms with Gasteiger partial charge in [-0.15, -0.1) is 0 Å². The monoisotopic (exact) mass is 275 g/mol. The highest BCUT2D eigenvalue weighted by atomic mass is 35.5. The predicted octanol–water partition coefficient (Wildman–Crippen LogP) is 2.84. The number of benzene rings is 1. The molecule has 6 heteroatoms. The molecule has 1 heterocycles. The first-order valence-electron chi connectivity index (χ1n) is 5.49. The summed E-state index contributed by atoms with van der Waals surface area (Å²) in [5.74, 6) is 0.0792. The smallest absolute Gasteiger partial charge is 0.254 e. The molecule has 96 valence electrons. The lowest BCUT2D eigenvalue weighted by Gasteiger charge is -1.96. The Morgan fingerprint density at radius 1 is 1.53 bits per heavy atom. The number of nitrogens with zero attached hydrogens (tertiary/aromatic N) is 2. The van der Waals surface area contributed by atoms with E-state index < -0.39 is 5.91 Å². The first-order valence-corrected chi connectivity index (χ1v) is 5.87. The van der Waals surface area contributed by atoms with Crippen LogP contribution in [0.15, 0.2) is 33.8 Å².